The van der Waals surface area contributed by atoms with Crippen LogP contribution in [0, 0.1) is 17.6 Å². The third kappa shape index (κ3) is 4.36. The van der Waals surface area contributed by atoms with Crippen molar-refractivity contribution in [2.24, 2.45) is 5.92 Å². The van der Waals surface area contributed by atoms with Crippen molar-refractivity contribution in [3.63, 3.8) is 0 Å². The van der Waals surface area contributed by atoms with Crippen LogP contribution in [0.1, 0.15) is 31.4 Å². The largest absolute Gasteiger partial charge is 0.349 e. The quantitative estimate of drug-likeness (QED) is 0.816. The number of rotatable bonds is 5. The third-order valence-corrected chi connectivity index (χ3v) is 7.88. The molecular formula is C18H20F2N2O3S2. The summed E-state index contributed by atoms with van der Waals surface area (Å²) >= 11 is 1.15. The van der Waals surface area contributed by atoms with E-state index in [1.54, 1.807) is 24.4 Å². The number of nitrogens with zero attached hydrogens (tertiary/aromatic N) is 1. The summed E-state index contributed by atoms with van der Waals surface area (Å²) in [6.07, 6.45) is 1.16. The van der Waals surface area contributed by atoms with Gasteiger partial charge in [-0.05, 0) is 48.9 Å². The summed E-state index contributed by atoms with van der Waals surface area (Å²) in [5.74, 6) is -2.70. The van der Waals surface area contributed by atoms with Crippen molar-refractivity contribution < 1.29 is 22.0 Å². The number of sulfonamides is 1. The molecule has 1 aromatic heterocycles. The van der Waals surface area contributed by atoms with Crippen LogP contribution >= 0.6 is 11.3 Å². The van der Waals surface area contributed by atoms with Crippen LogP contribution in [0.25, 0.3) is 0 Å². The summed E-state index contributed by atoms with van der Waals surface area (Å²) in [6, 6.07) is 6.19. The highest BCUT2D eigenvalue weighted by Gasteiger charge is 2.34. The fourth-order valence-electron chi connectivity index (χ4n) is 3.11. The molecule has 0 spiro atoms. The number of halogens is 2. The number of hydrogen-bond donors (Lipinski definition) is 1. The van der Waals surface area contributed by atoms with Gasteiger partial charge in [0.05, 0.1) is 12.0 Å². The van der Waals surface area contributed by atoms with E-state index < -0.39 is 33.6 Å². The van der Waals surface area contributed by atoms with Gasteiger partial charge in [-0.2, -0.15) is 4.31 Å². The molecule has 1 aliphatic heterocycles. The Labute approximate surface area is 161 Å². The molecule has 5 nitrogen and oxygen atoms in total. The maximum Gasteiger partial charge on any atom is 0.252 e. The number of benzene rings is 1. The highest BCUT2D eigenvalue weighted by Crippen LogP contribution is 2.27. The lowest BCUT2D eigenvalue weighted by molar-refractivity contribution is -0.126. The second kappa shape index (κ2) is 8.04. The average molecular weight is 414 g/mol. The fraction of sp³-hybridized carbons (Fsp3) is 0.389. The minimum Gasteiger partial charge on any atom is -0.349 e. The molecule has 1 aliphatic rings. The van der Waals surface area contributed by atoms with Crippen molar-refractivity contribution in [1.29, 1.82) is 0 Å². The van der Waals surface area contributed by atoms with E-state index in [0.717, 1.165) is 23.5 Å². The molecule has 0 saturated carbocycles. The molecule has 146 valence electrons. The predicted molar refractivity (Wildman–Crippen MR) is 98.7 cm³/mol. The number of piperidine rings is 1. The van der Waals surface area contributed by atoms with Crippen LogP contribution in [0.3, 0.4) is 0 Å². The van der Waals surface area contributed by atoms with Crippen molar-refractivity contribution in [1.82, 2.24) is 9.62 Å². The standard InChI is InChI=1S/C18H20F2N2O3S2/c1-12(13-6-7-15(19)16(20)10-13)21-18(23)14-4-2-8-22(11-14)27(24,25)17-5-3-9-26-17/h3,5-7,9-10,12,14H,2,4,8,11H2,1H3,(H,21,23). The van der Waals surface area contributed by atoms with Crippen molar-refractivity contribution >= 4 is 27.3 Å². The van der Waals surface area contributed by atoms with Gasteiger partial charge in [-0.15, -0.1) is 11.3 Å². The normalized spacial score (nSPS) is 19.6. The van der Waals surface area contributed by atoms with Crippen LogP contribution in [0.15, 0.2) is 39.9 Å². The SMILES string of the molecule is CC(NC(=O)C1CCCN(S(=O)(=O)c2cccs2)C1)c1ccc(F)c(F)c1. The van der Waals surface area contributed by atoms with Crippen LogP contribution in [-0.2, 0) is 14.8 Å². The van der Waals surface area contributed by atoms with Crippen LogP contribution in [0.5, 0.6) is 0 Å². The van der Waals surface area contributed by atoms with E-state index >= 15 is 0 Å². The molecule has 1 N–H and O–H groups in total. The van der Waals surface area contributed by atoms with Gasteiger partial charge >= 0.3 is 0 Å². The smallest absolute Gasteiger partial charge is 0.252 e. The molecule has 0 aliphatic carbocycles. The van der Waals surface area contributed by atoms with Gasteiger partial charge < -0.3 is 5.32 Å². The second-order valence-corrected chi connectivity index (χ2v) is 9.65. The highest BCUT2D eigenvalue weighted by molar-refractivity contribution is 7.91. The number of amides is 1. The summed E-state index contributed by atoms with van der Waals surface area (Å²) in [4.78, 5) is 12.6. The fourth-order valence-corrected chi connectivity index (χ4v) is 5.78. The first-order chi connectivity index (χ1) is 12.8. The Hall–Kier alpha value is -1.84. The van der Waals surface area contributed by atoms with Crippen molar-refractivity contribution in [3.05, 3.63) is 52.9 Å². The van der Waals surface area contributed by atoms with Gasteiger partial charge in [0, 0.05) is 13.1 Å². The van der Waals surface area contributed by atoms with Crippen molar-refractivity contribution in [3.8, 4) is 0 Å². The number of carbonyl (C=O) groups excluding carboxylic acids is 1. The molecule has 1 saturated heterocycles. The predicted octanol–water partition coefficient (Wildman–Crippen LogP) is 3.30. The number of nitrogens with one attached hydrogen (secondary N) is 1. The first-order valence-electron chi connectivity index (χ1n) is 8.58. The van der Waals surface area contributed by atoms with Crippen molar-refractivity contribution in [2.75, 3.05) is 13.1 Å². The summed E-state index contributed by atoms with van der Waals surface area (Å²) < 4.78 is 53.4. The van der Waals surface area contributed by atoms with Crippen LogP contribution in [0.4, 0.5) is 8.78 Å². The Morgan fingerprint density at radius 2 is 2.07 bits per heavy atom. The third-order valence-electron chi connectivity index (χ3n) is 4.65. The molecule has 2 aromatic rings. The van der Waals surface area contributed by atoms with Gasteiger partial charge in [-0.1, -0.05) is 12.1 Å². The van der Waals surface area contributed by atoms with Gasteiger partial charge in [-0.3, -0.25) is 4.79 Å². The Morgan fingerprint density at radius 1 is 1.30 bits per heavy atom. The zero-order valence-electron chi connectivity index (χ0n) is 14.7. The topological polar surface area (TPSA) is 66.5 Å². The summed E-state index contributed by atoms with van der Waals surface area (Å²) in [7, 11) is -3.60. The molecule has 2 atom stereocenters. The lowest BCUT2D eigenvalue weighted by Gasteiger charge is -2.31. The Kier molecular flexibility index (Phi) is 5.92. The Morgan fingerprint density at radius 3 is 2.74 bits per heavy atom. The van der Waals surface area contributed by atoms with E-state index in [0.29, 0.717) is 24.9 Å². The van der Waals surface area contributed by atoms with Gasteiger partial charge in [-0.25, -0.2) is 17.2 Å². The minimum absolute atomic E-state index is 0.108. The molecule has 9 heteroatoms. The number of hydrogen-bond acceptors (Lipinski definition) is 4. The van der Waals surface area contributed by atoms with Gasteiger partial charge in [0.1, 0.15) is 4.21 Å². The summed E-state index contributed by atoms with van der Waals surface area (Å²) in [5.41, 5.74) is 0.445. The van der Waals surface area contributed by atoms with Gasteiger partial charge in [0.15, 0.2) is 11.6 Å². The van der Waals surface area contributed by atoms with E-state index in [4.69, 9.17) is 0 Å². The monoisotopic (exact) mass is 414 g/mol. The molecule has 2 unspecified atom stereocenters. The van der Waals surface area contributed by atoms with Crippen LogP contribution in [0.2, 0.25) is 0 Å². The van der Waals surface area contributed by atoms with Crippen LogP contribution < -0.4 is 5.32 Å². The molecule has 0 bridgehead atoms. The maximum absolute atomic E-state index is 13.4. The number of carbonyl (C=O) groups is 1. The second-order valence-electron chi connectivity index (χ2n) is 6.54. The lowest BCUT2D eigenvalue weighted by Crippen LogP contribution is -2.45. The first kappa shape index (κ1) is 19.9. The van der Waals surface area contributed by atoms with E-state index in [9.17, 15) is 22.0 Å². The summed E-state index contributed by atoms with van der Waals surface area (Å²) in [6.45, 7) is 2.16. The highest BCUT2D eigenvalue weighted by atomic mass is 32.2. The number of thiophene rings is 1. The van der Waals surface area contributed by atoms with E-state index in [1.165, 1.54) is 10.4 Å². The van der Waals surface area contributed by atoms with E-state index in [1.807, 2.05) is 0 Å². The molecule has 3 rings (SSSR count). The van der Waals surface area contributed by atoms with Crippen LogP contribution in [-0.4, -0.2) is 31.7 Å². The first-order valence-corrected chi connectivity index (χ1v) is 10.9. The Balaban J connectivity index is 1.67. The lowest BCUT2D eigenvalue weighted by atomic mass is 9.98. The Bertz CT molecular complexity index is 917. The zero-order chi connectivity index (χ0) is 19.6. The molecule has 1 aromatic carbocycles. The molecule has 2 heterocycles. The molecule has 1 amide bonds. The molecular weight excluding hydrogens is 394 g/mol. The van der Waals surface area contributed by atoms with Crippen molar-refractivity contribution in [2.45, 2.75) is 30.0 Å². The maximum atomic E-state index is 13.4. The molecule has 0 radical (unpaired) electrons. The average Bonchev–Trinajstić information content (AvgIpc) is 3.19. The minimum atomic E-state index is -3.60. The molecule has 27 heavy (non-hydrogen) atoms. The zero-order valence-corrected chi connectivity index (χ0v) is 16.3. The van der Waals surface area contributed by atoms with Gasteiger partial charge in [0.25, 0.3) is 10.0 Å². The summed E-state index contributed by atoms with van der Waals surface area (Å²) in [5, 5.41) is 4.47. The van der Waals surface area contributed by atoms with E-state index in [2.05, 4.69) is 5.32 Å². The molecule has 1 fully saturated rings. The van der Waals surface area contributed by atoms with Gasteiger partial charge in [0.2, 0.25) is 5.91 Å². The van der Waals surface area contributed by atoms with E-state index in [-0.39, 0.29) is 16.7 Å².